The van der Waals surface area contributed by atoms with Crippen LogP contribution in [0, 0.1) is 10.1 Å². The lowest BCUT2D eigenvalue weighted by Gasteiger charge is -2.11. The second-order valence-corrected chi connectivity index (χ2v) is 5.06. The standard InChI is InChI=1S/C14H13N3O3S/c18-10-12(9-11-5-2-1-3-6-11)16-21-14-13(17(19)20)7-4-8-15-14/h1-8,10,12,16H,9H2/t12-/m0/s1. The van der Waals surface area contributed by atoms with Gasteiger partial charge in [-0.2, -0.15) is 0 Å². The summed E-state index contributed by atoms with van der Waals surface area (Å²) in [4.78, 5) is 25.5. The summed E-state index contributed by atoms with van der Waals surface area (Å²) in [5, 5.41) is 11.1. The summed E-state index contributed by atoms with van der Waals surface area (Å²) in [6.07, 6.45) is 2.77. The number of carbonyl (C=O) groups excluding carboxylic acids is 1. The quantitative estimate of drug-likeness (QED) is 0.366. The van der Waals surface area contributed by atoms with E-state index in [2.05, 4.69) is 9.71 Å². The molecule has 1 aromatic carbocycles. The summed E-state index contributed by atoms with van der Waals surface area (Å²) >= 11 is 0.993. The Bertz CT molecular complexity index is 622. The van der Waals surface area contributed by atoms with Gasteiger partial charge in [-0.15, -0.1) is 0 Å². The number of carbonyl (C=O) groups is 1. The highest BCUT2D eigenvalue weighted by Crippen LogP contribution is 2.24. The number of hydrogen-bond donors (Lipinski definition) is 1. The zero-order chi connectivity index (χ0) is 15.1. The fraction of sp³-hybridized carbons (Fsp3) is 0.143. The summed E-state index contributed by atoms with van der Waals surface area (Å²) in [5.74, 6) is 0. The van der Waals surface area contributed by atoms with Gasteiger partial charge in [0.15, 0.2) is 5.03 Å². The van der Waals surface area contributed by atoms with E-state index in [1.807, 2.05) is 30.3 Å². The van der Waals surface area contributed by atoms with Crippen LogP contribution in [-0.4, -0.2) is 22.2 Å². The van der Waals surface area contributed by atoms with E-state index in [1.165, 1.54) is 18.3 Å². The number of pyridine rings is 1. The van der Waals surface area contributed by atoms with Gasteiger partial charge in [-0.3, -0.25) is 10.1 Å². The summed E-state index contributed by atoms with van der Waals surface area (Å²) < 4.78 is 2.91. The van der Waals surface area contributed by atoms with Crippen molar-refractivity contribution < 1.29 is 9.72 Å². The third-order valence-corrected chi connectivity index (χ3v) is 3.65. The maximum Gasteiger partial charge on any atom is 0.302 e. The highest BCUT2D eigenvalue weighted by atomic mass is 32.2. The largest absolute Gasteiger partial charge is 0.302 e. The molecule has 1 N–H and O–H groups in total. The zero-order valence-corrected chi connectivity index (χ0v) is 11.8. The van der Waals surface area contributed by atoms with Crippen LogP contribution in [0.25, 0.3) is 0 Å². The Labute approximate surface area is 125 Å². The number of benzene rings is 1. The Hall–Kier alpha value is -2.25. The van der Waals surface area contributed by atoms with E-state index in [0.29, 0.717) is 6.42 Å². The molecule has 0 aliphatic rings. The second kappa shape index (κ2) is 7.51. The highest BCUT2D eigenvalue weighted by Gasteiger charge is 2.16. The van der Waals surface area contributed by atoms with Gasteiger partial charge in [-0.05, 0) is 30.0 Å². The van der Waals surface area contributed by atoms with Crippen LogP contribution in [0.15, 0.2) is 53.7 Å². The van der Waals surface area contributed by atoms with Crippen molar-refractivity contribution in [3.05, 3.63) is 64.3 Å². The van der Waals surface area contributed by atoms with Crippen LogP contribution < -0.4 is 4.72 Å². The van der Waals surface area contributed by atoms with Crippen LogP contribution in [0.5, 0.6) is 0 Å². The number of nitrogens with one attached hydrogen (secondary N) is 1. The molecule has 0 fully saturated rings. The molecule has 1 aromatic heterocycles. The minimum absolute atomic E-state index is 0.0839. The lowest BCUT2D eigenvalue weighted by Crippen LogP contribution is -2.27. The Morgan fingerprint density at radius 1 is 1.29 bits per heavy atom. The molecule has 0 spiro atoms. The molecule has 0 aliphatic heterocycles. The highest BCUT2D eigenvalue weighted by molar-refractivity contribution is 7.97. The minimum atomic E-state index is -0.496. The number of aromatic nitrogens is 1. The van der Waals surface area contributed by atoms with Gasteiger partial charge in [0, 0.05) is 12.3 Å². The molecule has 0 radical (unpaired) electrons. The van der Waals surface area contributed by atoms with Crippen molar-refractivity contribution in [3.8, 4) is 0 Å². The van der Waals surface area contributed by atoms with Crippen molar-refractivity contribution in [2.45, 2.75) is 17.5 Å². The first kappa shape index (κ1) is 15.1. The van der Waals surface area contributed by atoms with Gasteiger partial charge in [0.2, 0.25) is 0 Å². The van der Waals surface area contributed by atoms with Crippen LogP contribution >= 0.6 is 11.9 Å². The molecule has 6 nitrogen and oxygen atoms in total. The number of aldehydes is 1. The van der Waals surface area contributed by atoms with E-state index in [4.69, 9.17) is 0 Å². The predicted molar refractivity (Wildman–Crippen MR) is 79.9 cm³/mol. The number of rotatable bonds is 7. The van der Waals surface area contributed by atoms with Crippen LogP contribution in [0.2, 0.25) is 0 Å². The van der Waals surface area contributed by atoms with Crippen molar-refractivity contribution in [2.75, 3.05) is 0 Å². The molecule has 0 aliphatic carbocycles. The Kier molecular flexibility index (Phi) is 5.42. The maximum atomic E-state index is 11.1. The molecule has 0 unspecified atom stereocenters. The number of nitro groups is 1. The molecule has 1 heterocycles. The zero-order valence-electron chi connectivity index (χ0n) is 11.0. The van der Waals surface area contributed by atoms with Gasteiger partial charge < -0.3 is 4.79 Å². The fourth-order valence-electron chi connectivity index (χ4n) is 1.72. The second-order valence-electron chi connectivity index (χ2n) is 4.24. The molecule has 21 heavy (non-hydrogen) atoms. The molecular formula is C14H13N3O3S. The SMILES string of the molecule is O=C[C@H](Cc1ccccc1)NSc1ncccc1[N+](=O)[O-]. The van der Waals surface area contributed by atoms with Crippen LogP contribution in [0.4, 0.5) is 5.69 Å². The number of nitrogens with zero attached hydrogens (tertiary/aromatic N) is 2. The summed E-state index contributed by atoms with van der Waals surface area (Å²) in [6, 6.07) is 12.0. The van der Waals surface area contributed by atoms with Crippen molar-refractivity contribution in [1.82, 2.24) is 9.71 Å². The average Bonchev–Trinajstić information content (AvgIpc) is 2.52. The van der Waals surface area contributed by atoms with Gasteiger partial charge in [0.1, 0.15) is 6.29 Å². The molecular weight excluding hydrogens is 290 g/mol. The summed E-state index contributed by atoms with van der Waals surface area (Å²) in [7, 11) is 0. The van der Waals surface area contributed by atoms with E-state index in [0.717, 1.165) is 23.8 Å². The van der Waals surface area contributed by atoms with E-state index in [1.54, 1.807) is 0 Å². The van der Waals surface area contributed by atoms with Crippen LogP contribution in [0.3, 0.4) is 0 Å². The summed E-state index contributed by atoms with van der Waals surface area (Å²) in [6.45, 7) is 0. The monoisotopic (exact) mass is 303 g/mol. The lowest BCUT2D eigenvalue weighted by atomic mass is 10.1. The van der Waals surface area contributed by atoms with Crippen molar-refractivity contribution >= 4 is 23.9 Å². The first-order chi connectivity index (χ1) is 10.2. The Balaban J connectivity index is 2.01. The van der Waals surface area contributed by atoms with E-state index < -0.39 is 11.0 Å². The lowest BCUT2D eigenvalue weighted by molar-refractivity contribution is -0.388. The minimum Gasteiger partial charge on any atom is -0.302 e. The van der Waals surface area contributed by atoms with Crippen molar-refractivity contribution in [2.24, 2.45) is 0 Å². The van der Waals surface area contributed by atoms with Crippen LogP contribution in [0.1, 0.15) is 5.56 Å². The first-order valence-corrected chi connectivity index (χ1v) is 7.03. The maximum absolute atomic E-state index is 11.1. The molecule has 2 aromatic rings. The number of hydrogen-bond acceptors (Lipinski definition) is 6. The first-order valence-electron chi connectivity index (χ1n) is 6.21. The van der Waals surface area contributed by atoms with Crippen molar-refractivity contribution in [3.63, 3.8) is 0 Å². The summed E-state index contributed by atoms with van der Waals surface area (Å²) in [5.41, 5.74) is 0.928. The van der Waals surface area contributed by atoms with E-state index >= 15 is 0 Å². The third-order valence-electron chi connectivity index (χ3n) is 2.72. The topological polar surface area (TPSA) is 85.1 Å². The predicted octanol–water partition coefficient (Wildman–Crippen LogP) is 2.40. The molecule has 108 valence electrons. The normalized spacial score (nSPS) is 11.8. The molecule has 0 amide bonds. The molecule has 0 saturated carbocycles. The smallest absolute Gasteiger partial charge is 0.302 e. The van der Waals surface area contributed by atoms with Gasteiger partial charge >= 0.3 is 5.69 Å². The molecule has 7 heteroatoms. The van der Waals surface area contributed by atoms with Gasteiger partial charge in [-0.1, -0.05) is 30.3 Å². The fourth-order valence-corrected chi connectivity index (χ4v) is 2.48. The van der Waals surface area contributed by atoms with E-state index in [-0.39, 0.29) is 10.7 Å². The van der Waals surface area contributed by atoms with Crippen LogP contribution in [-0.2, 0) is 11.2 Å². The van der Waals surface area contributed by atoms with Gasteiger partial charge in [-0.25, -0.2) is 9.71 Å². The Morgan fingerprint density at radius 3 is 2.71 bits per heavy atom. The molecule has 0 saturated heterocycles. The van der Waals surface area contributed by atoms with Gasteiger partial charge in [0.25, 0.3) is 0 Å². The third kappa shape index (κ3) is 4.37. The van der Waals surface area contributed by atoms with Gasteiger partial charge in [0.05, 0.1) is 11.0 Å². The Morgan fingerprint density at radius 2 is 2.05 bits per heavy atom. The van der Waals surface area contributed by atoms with E-state index in [9.17, 15) is 14.9 Å². The molecule has 2 rings (SSSR count). The molecule has 1 atom stereocenters. The molecule has 0 bridgehead atoms. The van der Waals surface area contributed by atoms with Crippen molar-refractivity contribution in [1.29, 1.82) is 0 Å². The average molecular weight is 303 g/mol.